The molecule has 1 aromatic heterocycles. The monoisotopic (exact) mass is 551 g/mol. The molecule has 3 heterocycles. The highest BCUT2D eigenvalue weighted by Gasteiger charge is 2.38. The molecule has 0 N–H and O–H groups in total. The van der Waals surface area contributed by atoms with Crippen LogP contribution in [0.25, 0.3) is 0 Å². The molecule has 3 aromatic rings. The van der Waals surface area contributed by atoms with Crippen LogP contribution in [0.5, 0.6) is 0 Å². The van der Waals surface area contributed by atoms with Crippen LogP contribution in [0.4, 0.5) is 0 Å². The Bertz CT molecular complexity index is 1370. The van der Waals surface area contributed by atoms with Crippen molar-refractivity contribution in [2.45, 2.75) is 56.5 Å². The van der Waals surface area contributed by atoms with Crippen LogP contribution in [-0.4, -0.2) is 67.2 Å². The number of piperazine rings is 1. The van der Waals surface area contributed by atoms with Gasteiger partial charge in [-0.2, -0.15) is 4.31 Å². The number of rotatable bonds is 5. The molecule has 1 amide bonds. The normalized spacial score (nSPS) is 20.2. The fourth-order valence-corrected chi connectivity index (χ4v) is 7.92. The zero-order valence-electron chi connectivity index (χ0n) is 22.6. The van der Waals surface area contributed by atoms with Crippen molar-refractivity contribution in [1.29, 1.82) is 0 Å². The summed E-state index contributed by atoms with van der Waals surface area (Å²) in [5.74, 6) is 0.0659. The molecule has 2 atom stereocenters. The third-order valence-electron chi connectivity index (χ3n) is 7.88. The molecular formula is C30H37N3O3S2. The number of carbonyl (C=O) groups excluding carboxylic acids is 1. The number of fused-ring (bicyclic) bond motifs is 1. The Morgan fingerprint density at radius 3 is 2.21 bits per heavy atom. The lowest BCUT2D eigenvalue weighted by Crippen LogP contribution is -2.56. The maximum absolute atomic E-state index is 13.7. The Labute approximate surface area is 230 Å². The topological polar surface area (TPSA) is 60.9 Å². The van der Waals surface area contributed by atoms with Gasteiger partial charge in [0.15, 0.2) is 0 Å². The van der Waals surface area contributed by atoms with Gasteiger partial charge in [-0.05, 0) is 59.0 Å². The van der Waals surface area contributed by atoms with E-state index < -0.39 is 10.0 Å². The lowest BCUT2D eigenvalue weighted by Gasteiger charge is -2.42. The standard InChI is InChI=1S/C30H37N3O3S2/c1-22(33-16-14-27-26(15-21-37-27)28(33)23-8-6-5-7-9-23)29(34)31-17-19-32(20-18-31)38(35,36)25-12-10-24(11-13-25)30(2,3)4/h5-13,15,21-22,28H,14,16-20H2,1-4H3. The smallest absolute Gasteiger partial charge is 0.243 e. The van der Waals surface area contributed by atoms with Crippen LogP contribution in [-0.2, 0) is 26.7 Å². The van der Waals surface area contributed by atoms with E-state index in [1.165, 1.54) is 20.3 Å². The van der Waals surface area contributed by atoms with Gasteiger partial charge < -0.3 is 4.90 Å². The minimum absolute atomic E-state index is 0.0379. The minimum atomic E-state index is -3.60. The largest absolute Gasteiger partial charge is 0.339 e. The quantitative estimate of drug-likeness (QED) is 0.452. The third kappa shape index (κ3) is 5.19. The van der Waals surface area contributed by atoms with E-state index in [1.807, 2.05) is 30.0 Å². The van der Waals surface area contributed by atoms with Crippen molar-refractivity contribution in [3.8, 4) is 0 Å². The second kappa shape index (κ2) is 10.6. The van der Waals surface area contributed by atoms with Gasteiger partial charge in [0.25, 0.3) is 0 Å². The van der Waals surface area contributed by atoms with Crippen molar-refractivity contribution >= 4 is 27.3 Å². The highest BCUT2D eigenvalue weighted by atomic mass is 32.2. The molecule has 1 fully saturated rings. The summed E-state index contributed by atoms with van der Waals surface area (Å²) in [5.41, 5.74) is 3.55. The van der Waals surface area contributed by atoms with E-state index in [0.29, 0.717) is 31.1 Å². The predicted octanol–water partition coefficient (Wildman–Crippen LogP) is 4.91. The Morgan fingerprint density at radius 2 is 1.58 bits per heavy atom. The highest BCUT2D eigenvalue weighted by Crippen LogP contribution is 2.39. The predicted molar refractivity (Wildman–Crippen MR) is 153 cm³/mol. The number of benzene rings is 2. The van der Waals surface area contributed by atoms with Gasteiger partial charge in [0.1, 0.15) is 0 Å². The van der Waals surface area contributed by atoms with Crippen molar-refractivity contribution in [2.75, 3.05) is 32.7 Å². The second-order valence-electron chi connectivity index (χ2n) is 11.3. The van der Waals surface area contributed by atoms with Gasteiger partial charge in [-0.25, -0.2) is 8.42 Å². The maximum atomic E-state index is 13.7. The summed E-state index contributed by atoms with van der Waals surface area (Å²) < 4.78 is 28.1. The first kappa shape index (κ1) is 27.1. The molecule has 2 unspecified atom stereocenters. The zero-order chi connectivity index (χ0) is 27.1. The van der Waals surface area contributed by atoms with Gasteiger partial charge in [-0.15, -0.1) is 11.3 Å². The van der Waals surface area contributed by atoms with Crippen LogP contribution >= 0.6 is 11.3 Å². The van der Waals surface area contributed by atoms with Crippen LogP contribution in [0.1, 0.15) is 55.3 Å². The van der Waals surface area contributed by atoms with E-state index in [0.717, 1.165) is 18.5 Å². The number of thiophene rings is 1. The first-order valence-electron chi connectivity index (χ1n) is 13.3. The number of amides is 1. The summed E-state index contributed by atoms with van der Waals surface area (Å²) >= 11 is 1.79. The minimum Gasteiger partial charge on any atom is -0.339 e. The van der Waals surface area contributed by atoms with Crippen molar-refractivity contribution in [2.24, 2.45) is 0 Å². The number of sulfonamides is 1. The van der Waals surface area contributed by atoms with Gasteiger partial charge in [-0.1, -0.05) is 63.2 Å². The molecule has 0 aliphatic carbocycles. The van der Waals surface area contributed by atoms with Crippen molar-refractivity contribution in [3.63, 3.8) is 0 Å². The van der Waals surface area contributed by atoms with Gasteiger partial charge in [0.05, 0.1) is 17.0 Å². The van der Waals surface area contributed by atoms with E-state index >= 15 is 0 Å². The fourth-order valence-electron chi connectivity index (χ4n) is 5.59. The number of hydrogen-bond acceptors (Lipinski definition) is 5. The van der Waals surface area contributed by atoms with Gasteiger partial charge in [0.2, 0.25) is 15.9 Å². The Balaban J connectivity index is 1.28. The van der Waals surface area contributed by atoms with Gasteiger partial charge in [0, 0.05) is 37.6 Å². The molecule has 5 rings (SSSR count). The van der Waals surface area contributed by atoms with E-state index in [-0.39, 0.29) is 23.4 Å². The summed E-state index contributed by atoms with van der Waals surface area (Å²) in [7, 11) is -3.60. The molecule has 2 aromatic carbocycles. The van der Waals surface area contributed by atoms with Crippen LogP contribution in [0.15, 0.2) is 70.9 Å². The van der Waals surface area contributed by atoms with Crippen LogP contribution in [0, 0.1) is 0 Å². The average molecular weight is 552 g/mol. The Kier molecular flexibility index (Phi) is 7.52. The molecule has 0 bridgehead atoms. The van der Waals surface area contributed by atoms with Crippen LogP contribution in [0.2, 0.25) is 0 Å². The van der Waals surface area contributed by atoms with Gasteiger partial charge >= 0.3 is 0 Å². The molecule has 202 valence electrons. The summed E-state index contributed by atoms with van der Waals surface area (Å²) in [4.78, 5) is 19.6. The summed E-state index contributed by atoms with van der Waals surface area (Å²) in [5, 5.41) is 2.15. The van der Waals surface area contributed by atoms with Crippen LogP contribution in [0.3, 0.4) is 0 Å². The van der Waals surface area contributed by atoms with Crippen molar-refractivity contribution < 1.29 is 13.2 Å². The van der Waals surface area contributed by atoms with Crippen molar-refractivity contribution in [3.05, 3.63) is 87.6 Å². The maximum Gasteiger partial charge on any atom is 0.243 e. The zero-order valence-corrected chi connectivity index (χ0v) is 24.3. The summed E-state index contributed by atoms with van der Waals surface area (Å²) in [6.07, 6.45) is 0.938. The molecule has 6 nitrogen and oxygen atoms in total. The molecule has 2 aliphatic heterocycles. The lowest BCUT2D eigenvalue weighted by molar-refractivity contribution is -0.138. The SMILES string of the molecule is CC(C(=O)N1CCN(S(=O)(=O)c2ccc(C(C)(C)C)cc2)CC1)N1CCc2sccc2C1c1ccccc1. The molecule has 2 aliphatic rings. The third-order valence-corrected chi connectivity index (χ3v) is 10.8. The first-order chi connectivity index (χ1) is 18.1. The summed E-state index contributed by atoms with van der Waals surface area (Å²) in [6.45, 7) is 10.6. The Morgan fingerprint density at radius 1 is 0.921 bits per heavy atom. The fraction of sp³-hybridized carbons (Fsp3) is 0.433. The highest BCUT2D eigenvalue weighted by molar-refractivity contribution is 7.89. The Hall–Kier alpha value is -2.52. The molecular weight excluding hydrogens is 514 g/mol. The molecule has 0 saturated carbocycles. The summed E-state index contributed by atoms with van der Waals surface area (Å²) in [6, 6.07) is 19.5. The van der Waals surface area contributed by atoms with E-state index in [2.05, 4.69) is 61.4 Å². The molecule has 8 heteroatoms. The first-order valence-corrected chi connectivity index (χ1v) is 15.7. The van der Waals surface area contributed by atoms with Crippen molar-refractivity contribution in [1.82, 2.24) is 14.1 Å². The number of hydrogen-bond donors (Lipinski definition) is 0. The lowest BCUT2D eigenvalue weighted by atomic mass is 9.87. The van der Waals surface area contributed by atoms with E-state index in [9.17, 15) is 13.2 Å². The van der Waals surface area contributed by atoms with E-state index in [1.54, 1.807) is 23.5 Å². The van der Waals surface area contributed by atoms with E-state index in [4.69, 9.17) is 0 Å². The average Bonchev–Trinajstić information content (AvgIpc) is 3.41. The molecule has 1 saturated heterocycles. The molecule has 0 spiro atoms. The number of nitrogens with zero attached hydrogens (tertiary/aromatic N) is 3. The van der Waals surface area contributed by atoms with Crippen LogP contribution < -0.4 is 0 Å². The molecule has 0 radical (unpaired) electrons. The second-order valence-corrected chi connectivity index (χ2v) is 14.2. The van der Waals surface area contributed by atoms with Gasteiger partial charge in [-0.3, -0.25) is 9.69 Å². The number of carbonyl (C=O) groups is 1. The molecule has 38 heavy (non-hydrogen) atoms.